The molecule has 0 aliphatic carbocycles. The summed E-state index contributed by atoms with van der Waals surface area (Å²) >= 11 is 6.47. The highest BCUT2D eigenvalue weighted by Crippen LogP contribution is 2.34. The first-order valence-electron chi connectivity index (χ1n) is 11.3. The molecule has 186 valence electrons. The summed E-state index contributed by atoms with van der Waals surface area (Å²) in [6, 6.07) is 11.8. The molecule has 0 unspecified atom stereocenters. The topological polar surface area (TPSA) is 118 Å². The first kappa shape index (κ1) is 25.2. The van der Waals surface area contributed by atoms with E-state index in [9.17, 15) is 9.59 Å². The van der Waals surface area contributed by atoms with Gasteiger partial charge in [-0.2, -0.15) is 0 Å². The number of aromatic nitrogens is 2. The molecule has 2 heterocycles. The van der Waals surface area contributed by atoms with Crippen LogP contribution in [0.5, 0.6) is 17.2 Å². The predicted octanol–water partition coefficient (Wildman–Crippen LogP) is 5.43. The summed E-state index contributed by atoms with van der Waals surface area (Å²) in [6.07, 6.45) is 1.89. The fourth-order valence-electron chi connectivity index (χ4n) is 3.69. The number of methoxy groups -OCH3 is 1. The molecule has 4 rings (SSSR count). The van der Waals surface area contributed by atoms with Gasteiger partial charge in [-0.05, 0) is 29.8 Å². The summed E-state index contributed by atoms with van der Waals surface area (Å²) in [5, 5.41) is 4.99. The number of primary amides is 1. The van der Waals surface area contributed by atoms with Crippen LogP contribution in [0.3, 0.4) is 0 Å². The number of pyridine rings is 1. The maximum atomic E-state index is 12.6. The maximum absolute atomic E-state index is 12.6. The van der Waals surface area contributed by atoms with Gasteiger partial charge < -0.3 is 19.7 Å². The van der Waals surface area contributed by atoms with E-state index in [1.54, 1.807) is 42.6 Å². The lowest BCUT2D eigenvalue weighted by molar-refractivity contribution is -0.117. The van der Waals surface area contributed by atoms with Gasteiger partial charge in [-0.1, -0.05) is 43.6 Å². The predicted molar refractivity (Wildman–Crippen MR) is 136 cm³/mol. The number of hydrogen-bond acceptors (Lipinski definition) is 7. The largest absolute Gasteiger partial charge is 0.496 e. The summed E-state index contributed by atoms with van der Waals surface area (Å²) in [5.74, 6) is 1.33. The third-order valence-corrected chi connectivity index (χ3v) is 5.96. The second-order valence-electron chi connectivity index (χ2n) is 9.42. The summed E-state index contributed by atoms with van der Waals surface area (Å²) in [6.45, 7) is 6.06. The molecule has 0 fully saturated rings. The lowest BCUT2D eigenvalue weighted by atomic mass is 9.93. The van der Waals surface area contributed by atoms with Crippen LogP contribution in [0.25, 0.3) is 10.9 Å². The van der Waals surface area contributed by atoms with Crippen LogP contribution < -0.4 is 15.2 Å². The number of nitrogens with zero attached hydrogens (tertiary/aromatic N) is 2. The molecule has 0 bridgehead atoms. The van der Waals surface area contributed by atoms with Gasteiger partial charge in [-0.25, -0.2) is 0 Å². The Morgan fingerprint density at radius 3 is 2.47 bits per heavy atom. The van der Waals surface area contributed by atoms with Crippen molar-refractivity contribution in [3.8, 4) is 17.2 Å². The van der Waals surface area contributed by atoms with Crippen molar-refractivity contribution in [3.05, 3.63) is 76.3 Å². The first-order chi connectivity index (χ1) is 17.0. The third kappa shape index (κ3) is 5.49. The number of Topliss-reactive ketones (excluding diaryl/α,β-unsaturated/α-hetero) is 1. The zero-order valence-corrected chi connectivity index (χ0v) is 21.2. The summed E-state index contributed by atoms with van der Waals surface area (Å²) in [5.41, 5.74) is 7.38. The lowest BCUT2D eigenvalue weighted by Gasteiger charge is -2.12. The van der Waals surface area contributed by atoms with Crippen LogP contribution in [0.4, 0.5) is 0 Å². The highest BCUT2D eigenvalue weighted by Gasteiger charge is 2.21. The van der Waals surface area contributed by atoms with Gasteiger partial charge in [0.1, 0.15) is 28.8 Å². The smallest absolute Gasteiger partial charge is 0.252 e. The Bertz CT molecular complexity index is 1460. The molecule has 0 spiro atoms. The zero-order valence-electron chi connectivity index (χ0n) is 20.4. The van der Waals surface area contributed by atoms with Gasteiger partial charge in [0.2, 0.25) is 0 Å². The lowest BCUT2D eigenvalue weighted by Crippen LogP contribution is -2.12. The van der Waals surface area contributed by atoms with Crippen LogP contribution in [-0.4, -0.2) is 28.9 Å². The van der Waals surface area contributed by atoms with Crippen molar-refractivity contribution in [2.75, 3.05) is 7.11 Å². The molecule has 4 aromatic rings. The van der Waals surface area contributed by atoms with E-state index in [4.69, 9.17) is 31.3 Å². The number of rotatable bonds is 8. The van der Waals surface area contributed by atoms with Crippen LogP contribution in [-0.2, 0) is 23.1 Å². The highest BCUT2D eigenvalue weighted by molar-refractivity contribution is 6.31. The van der Waals surface area contributed by atoms with E-state index >= 15 is 0 Å². The van der Waals surface area contributed by atoms with Crippen LogP contribution in [0, 0.1) is 0 Å². The monoisotopic (exact) mass is 507 g/mol. The molecule has 0 atom stereocenters. The second kappa shape index (κ2) is 9.99. The Kier molecular flexibility index (Phi) is 6.99. The quantitative estimate of drug-likeness (QED) is 0.338. The average molecular weight is 508 g/mol. The molecule has 2 N–H and O–H groups in total. The normalized spacial score (nSPS) is 11.5. The number of halogens is 1. The fraction of sp³-hybridized carbons (Fsp3) is 0.259. The molecule has 0 saturated heterocycles. The van der Waals surface area contributed by atoms with Gasteiger partial charge >= 0.3 is 0 Å². The number of carbonyl (C=O) groups excluding carboxylic acids is 2. The molecule has 8 nitrogen and oxygen atoms in total. The molecule has 0 saturated carbocycles. The Morgan fingerprint density at radius 2 is 1.83 bits per heavy atom. The van der Waals surface area contributed by atoms with E-state index in [0.29, 0.717) is 44.4 Å². The fourth-order valence-corrected chi connectivity index (χ4v) is 3.92. The molecule has 2 aromatic carbocycles. The van der Waals surface area contributed by atoms with Crippen LogP contribution in [0.15, 0.2) is 53.2 Å². The van der Waals surface area contributed by atoms with E-state index in [1.807, 2.05) is 26.8 Å². The number of nitrogens with two attached hydrogens (primary N) is 1. The number of benzene rings is 2. The third-order valence-electron chi connectivity index (χ3n) is 5.60. The Morgan fingerprint density at radius 1 is 1.06 bits per heavy atom. The van der Waals surface area contributed by atoms with Gasteiger partial charge in [-0.3, -0.25) is 14.6 Å². The number of hydrogen-bond donors (Lipinski definition) is 1. The van der Waals surface area contributed by atoms with E-state index in [1.165, 1.54) is 7.11 Å². The van der Waals surface area contributed by atoms with Crippen molar-refractivity contribution in [1.29, 1.82) is 0 Å². The summed E-state index contributed by atoms with van der Waals surface area (Å²) in [4.78, 5) is 28.8. The SMILES string of the molecule is COc1cc2nccc(Oc3ccc(CC(=O)Cc4cc(C(C)(C)C)on4)c(Cl)c3)c2cc1C(N)=O. The number of carbonyl (C=O) groups is 2. The van der Waals surface area contributed by atoms with E-state index in [2.05, 4.69) is 10.1 Å². The maximum Gasteiger partial charge on any atom is 0.252 e. The van der Waals surface area contributed by atoms with E-state index in [-0.39, 0.29) is 29.6 Å². The molecule has 9 heteroatoms. The van der Waals surface area contributed by atoms with Crippen LogP contribution >= 0.6 is 11.6 Å². The van der Waals surface area contributed by atoms with Crippen molar-refractivity contribution < 1.29 is 23.6 Å². The van der Waals surface area contributed by atoms with Crippen molar-refractivity contribution in [3.63, 3.8) is 0 Å². The van der Waals surface area contributed by atoms with Gasteiger partial charge in [0.25, 0.3) is 5.91 Å². The van der Waals surface area contributed by atoms with Crippen LogP contribution in [0.2, 0.25) is 5.02 Å². The molecule has 2 aromatic heterocycles. The summed E-state index contributed by atoms with van der Waals surface area (Å²) in [7, 11) is 1.46. The molecule has 1 amide bonds. The Labute approximate surface area is 213 Å². The zero-order chi connectivity index (χ0) is 26.0. The van der Waals surface area contributed by atoms with Gasteiger partial charge in [0.05, 0.1) is 30.3 Å². The molecular weight excluding hydrogens is 482 g/mol. The van der Waals surface area contributed by atoms with Gasteiger partial charge in [0, 0.05) is 40.6 Å². The Hall–Kier alpha value is -3.91. The number of amides is 1. The standard InChI is InChI=1S/C27H26ClN3O5/c1-27(2,3)25-11-16(31-36-25)10-17(32)9-15-5-6-18(12-21(15)28)35-23-7-8-30-22-14-24(34-4)20(26(29)33)13-19(22)23/h5-8,11-14H,9-10H2,1-4H3,(H2,29,33). The second-order valence-corrected chi connectivity index (χ2v) is 9.83. The summed E-state index contributed by atoms with van der Waals surface area (Å²) < 4.78 is 16.7. The van der Waals surface area contributed by atoms with Crippen molar-refractivity contribution >= 4 is 34.2 Å². The highest BCUT2D eigenvalue weighted by atomic mass is 35.5. The minimum absolute atomic E-state index is 0.0348. The minimum atomic E-state index is -0.624. The molecule has 0 aliphatic rings. The molecule has 0 radical (unpaired) electrons. The number of ketones is 1. The molecule has 36 heavy (non-hydrogen) atoms. The average Bonchev–Trinajstić information content (AvgIpc) is 3.29. The number of ether oxygens (including phenoxy) is 2. The molecular formula is C27H26ClN3O5. The Balaban J connectivity index is 1.51. The van der Waals surface area contributed by atoms with Gasteiger partial charge in [-0.15, -0.1) is 0 Å². The van der Waals surface area contributed by atoms with Crippen molar-refractivity contribution in [2.45, 2.75) is 39.0 Å². The first-order valence-corrected chi connectivity index (χ1v) is 11.6. The minimum Gasteiger partial charge on any atom is -0.496 e. The van der Waals surface area contributed by atoms with E-state index in [0.717, 1.165) is 5.76 Å². The van der Waals surface area contributed by atoms with E-state index < -0.39 is 5.91 Å². The molecule has 0 aliphatic heterocycles. The van der Waals surface area contributed by atoms with Gasteiger partial charge in [0.15, 0.2) is 0 Å². The number of fused-ring (bicyclic) bond motifs is 1. The van der Waals surface area contributed by atoms with Crippen LogP contribution in [0.1, 0.15) is 48.1 Å². The van der Waals surface area contributed by atoms with Crippen molar-refractivity contribution in [1.82, 2.24) is 10.1 Å². The van der Waals surface area contributed by atoms with Crippen molar-refractivity contribution in [2.24, 2.45) is 5.73 Å².